The average Bonchev–Trinajstić information content (AvgIpc) is 2.57. The molecule has 1 N–H and O–H groups in total. The summed E-state index contributed by atoms with van der Waals surface area (Å²) in [6, 6.07) is 11.0. The lowest BCUT2D eigenvalue weighted by Crippen LogP contribution is -2.38. The predicted octanol–water partition coefficient (Wildman–Crippen LogP) is 3.52. The van der Waals surface area contributed by atoms with Gasteiger partial charge >= 0.3 is 0 Å². The lowest BCUT2D eigenvalue weighted by atomic mass is 10.3. The monoisotopic (exact) mass is 384 g/mol. The van der Waals surface area contributed by atoms with Crippen LogP contribution >= 0.6 is 11.6 Å². The molecule has 0 bridgehead atoms. The van der Waals surface area contributed by atoms with E-state index in [-0.39, 0.29) is 18.0 Å². The number of hydrogen-bond acceptors (Lipinski definition) is 3. The summed E-state index contributed by atoms with van der Waals surface area (Å²) < 4.78 is 39.4. The highest BCUT2D eigenvalue weighted by atomic mass is 35.5. The van der Waals surface area contributed by atoms with Crippen LogP contribution in [0.2, 0.25) is 5.02 Å². The Morgan fingerprint density at radius 3 is 2.28 bits per heavy atom. The minimum absolute atomic E-state index is 0.0540. The highest BCUT2D eigenvalue weighted by molar-refractivity contribution is 7.89. The van der Waals surface area contributed by atoms with E-state index in [9.17, 15) is 17.6 Å². The summed E-state index contributed by atoms with van der Waals surface area (Å²) in [4.78, 5) is 12.2. The Morgan fingerprint density at radius 1 is 1.12 bits per heavy atom. The van der Waals surface area contributed by atoms with Gasteiger partial charge < -0.3 is 5.32 Å². The van der Waals surface area contributed by atoms with E-state index in [0.29, 0.717) is 17.1 Å². The van der Waals surface area contributed by atoms with Crippen molar-refractivity contribution in [3.8, 4) is 0 Å². The maximum atomic E-state index is 13.0. The van der Waals surface area contributed by atoms with Crippen LogP contribution in [0.4, 0.5) is 10.1 Å². The first kappa shape index (κ1) is 19.4. The number of rotatable bonds is 7. The number of amides is 1. The molecule has 0 unspecified atom stereocenters. The van der Waals surface area contributed by atoms with Gasteiger partial charge in [0.25, 0.3) is 0 Å². The van der Waals surface area contributed by atoms with E-state index in [1.54, 1.807) is 24.3 Å². The fourth-order valence-electron chi connectivity index (χ4n) is 2.18. The maximum Gasteiger partial charge on any atom is 0.243 e. The van der Waals surface area contributed by atoms with Crippen molar-refractivity contribution < 1.29 is 17.6 Å². The number of nitrogens with one attached hydrogen (secondary N) is 1. The van der Waals surface area contributed by atoms with Gasteiger partial charge in [0.15, 0.2) is 0 Å². The Balaban J connectivity index is 2.15. The Kier molecular flexibility index (Phi) is 6.52. The van der Waals surface area contributed by atoms with Crippen LogP contribution < -0.4 is 5.32 Å². The van der Waals surface area contributed by atoms with Crippen molar-refractivity contribution in [1.82, 2.24) is 4.31 Å². The van der Waals surface area contributed by atoms with E-state index in [4.69, 9.17) is 11.6 Å². The highest BCUT2D eigenvalue weighted by Gasteiger charge is 2.26. The number of sulfonamides is 1. The fraction of sp³-hybridized carbons (Fsp3) is 0.235. The van der Waals surface area contributed by atoms with Gasteiger partial charge in [0.1, 0.15) is 5.82 Å². The zero-order chi connectivity index (χ0) is 18.4. The first-order valence-electron chi connectivity index (χ1n) is 7.64. The second-order valence-electron chi connectivity index (χ2n) is 5.35. The molecule has 0 aliphatic carbocycles. The van der Waals surface area contributed by atoms with Gasteiger partial charge in [-0.1, -0.05) is 18.5 Å². The zero-order valence-corrected chi connectivity index (χ0v) is 15.1. The number of carbonyl (C=O) groups is 1. The number of carbonyl (C=O) groups excluding carboxylic acids is 1. The van der Waals surface area contributed by atoms with Crippen molar-refractivity contribution in [3.05, 3.63) is 59.4 Å². The third-order valence-electron chi connectivity index (χ3n) is 3.37. The van der Waals surface area contributed by atoms with Crippen molar-refractivity contribution in [3.63, 3.8) is 0 Å². The molecular formula is C17H18ClFN2O3S. The Bertz CT molecular complexity index is 824. The van der Waals surface area contributed by atoms with Gasteiger partial charge in [0.2, 0.25) is 15.9 Å². The van der Waals surface area contributed by atoms with Gasteiger partial charge in [-0.3, -0.25) is 4.79 Å². The van der Waals surface area contributed by atoms with Crippen molar-refractivity contribution in [2.75, 3.05) is 18.4 Å². The van der Waals surface area contributed by atoms with E-state index < -0.39 is 21.7 Å². The van der Waals surface area contributed by atoms with Gasteiger partial charge in [-0.15, -0.1) is 0 Å². The van der Waals surface area contributed by atoms with Gasteiger partial charge in [0.05, 0.1) is 11.4 Å². The minimum atomic E-state index is -3.89. The first-order chi connectivity index (χ1) is 11.8. The third kappa shape index (κ3) is 5.26. The summed E-state index contributed by atoms with van der Waals surface area (Å²) in [5.74, 6) is -0.997. The van der Waals surface area contributed by atoms with Crippen LogP contribution in [-0.4, -0.2) is 31.7 Å². The molecule has 0 saturated carbocycles. The summed E-state index contributed by atoms with van der Waals surface area (Å²) in [5, 5.41) is 3.16. The molecule has 25 heavy (non-hydrogen) atoms. The molecule has 0 fully saturated rings. The molecule has 0 heterocycles. The number of hydrogen-bond donors (Lipinski definition) is 1. The summed E-state index contributed by atoms with van der Waals surface area (Å²) in [5.41, 5.74) is 0.519. The SMILES string of the molecule is CCCN(CC(=O)Nc1ccc(Cl)cc1)S(=O)(=O)c1ccc(F)cc1. The average molecular weight is 385 g/mol. The lowest BCUT2D eigenvalue weighted by Gasteiger charge is -2.21. The largest absolute Gasteiger partial charge is 0.325 e. The molecule has 2 aromatic carbocycles. The summed E-state index contributed by atoms with van der Waals surface area (Å²) in [6.07, 6.45) is 0.536. The van der Waals surface area contributed by atoms with Crippen molar-refractivity contribution in [1.29, 1.82) is 0 Å². The van der Waals surface area contributed by atoms with Crippen LogP contribution in [0.25, 0.3) is 0 Å². The van der Waals surface area contributed by atoms with Crippen molar-refractivity contribution in [2.24, 2.45) is 0 Å². The normalized spacial score (nSPS) is 11.5. The second-order valence-corrected chi connectivity index (χ2v) is 7.72. The molecule has 1 amide bonds. The molecule has 5 nitrogen and oxygen atoms in total. The molecule has 0 saturated heterocycles. The third-order valence-corrected chi connectivity index (χ3v) is 5.48. The van der Waals surface area contributed by atoms with Crippen LogP contribution in [0.3, 0.4) is 0 Å². The van der Waals surface area contributed by atoms with Gasteiger partial charge in [0, 0.05) is 17.3 Å². The first-order valence-corrected chi connectivity index (χ1v) is 9.46. The number of anilines is 1. The molecule has 0 atom stereocenters. The molecule has 134 valence electrons. The predicted molar refractivity (Wildman–Crippen MR) is 95.5 cm³/mol. The lowest BCUT2D eigenvalue weighted by molar-refractivity contribution is -0.116. The van der Waals surface area contributed by atoms with Crippen LogP contribution in [0, 0.1) is 5.82 Å². The van der Waals surface area contributed by atoms with E-state index >= 15 is 0 Å². The molecule has 8 heteroatoms. The smallest absolute Gasteiger partial charge is 0.243 e. The van der Waals surface area contributed by atoms with Crippen molar-refractivity contribution in [2.45, 2.75) is 18.2 Å². The van der Waals surface area contributed by atoms with E-state index in [1.807, 2.05) is 6.92 Å². The molecular weight excluding hydrogens is 367 g/mol. The highest BCUT2D eigenvalue weighted by Crippen LogP contribution is 2.17. The Hall–Kier alpha value is -1.96. The van der Waals surface area contributed by atoms with E-state index in [2.05, 4.69) is 5.32 Å². The maximum absolute atomic E-state index is 13.0. The molecule has 0 aliphatic heterocycles. The van der Waals surface area contributed by atoms with Crippen LogP contribution in [-0.2, 0) is 14.8 Å². The van der Waals surface area contributed by atoms with Gasteiger partial charge in [-0.05, 0) is 55.0 Å². The molecule has 0 spiro atoms. The van der Waals surface area contributed by atoms with Crippen LogP contribution in [0.5, 0.6) is 0 Å². The molecule has 0 aliphatic rings. The second kappa shape index (κ2) is 8.42. The topological polar surface area (TPSA) is 66.5 Å². The number of benzene rings is 2. The number of nitrogens with zero attached hydrogens (tertiary/aromatic N) is 1. The van der Waals surface area contributed by atoms with Crippen LogP contribution in [0.15, 0.2) is 53.4 Å². The molecule has 0 radical (unpaired) electrons. The molecule has 2 rings (SSSR count). The molecule has 2 aromatic rings. The summed E-state index contributed by atoms with van der Waals surface area (Å²) in [7, 11) is -3.89. The van der Waals surface area contributed by atoms with E-state index in [0.717, 1.165) is 16.4 Å². The zero-order valence-electron chi connectivity index (χ0n) is 13.6. The van der Waals surface area contributed by atoms with Gasteiger partial charge in [-0.25, -0.2) is 12.8 Å². The van der Waals surface area contributed by atoms with Gasteiger partial charge in [-0.2, -0.15) is 4.31 Å². The molecule has 0 aromatic heterocycles. The Labute approximate surface area is 151 Å². The summed E-state index contributed by atoms with van der Waals surface area (Å²) in [6.45, 7) is 1.65. The Morgan fingerprint density at radius 2 is 1.72 bits per heavy atom. The fourth-order valence-corrected chi connectivity index (χ4v) is 3.80. The summed E-state index contributed by atoms with van der Waals surface area (Å²) >= 11 is 5.79. The standard InChI is InChI=1S/C17H18ClFN2O3S/c1-2-11-21(25(23,24)16-9-5-14(19)6-10-16)12-17(22)20-15-7-3-13(18)4-8-15/h3-10H,2,11-12H2,1H3,(H,20,22). The minimum Gasteiger partial charge on any atom is -0.325 e. The van der Waals surface area contributed by atoms with Crippen LogP contribution in [0.1, 0.15) is 13.3 Å². The quantitative estimate of drug-likeness (QED) is 0.794. The van der Waals surface area contributed by atoms with Crippen molar-refractivity contribution >= 4 is 33.2 Å². The van der Waals surface area contributed by atoms with E-state index in [1.165, 1.54) is 12.1 Å². The number of halogens is 2.